The van der Waals surface area contributed by atoms with Crippen LogP contribution in [-0.2, 0) is 13.6 Å². The topological polar surface area (TPSA) is 54.2 Å². The molecular formula is C14H27N5. The van der Waals surface area contributed by atoms with Gasteiger partial charge in [-0.25, -0.2) is 0 Å². The van der Waals surface area contributed by atoms with Crippen LogP contribution in [0.5, 0.6) is 0 Å². The number of guanidine groups is 1. The largest absolute Gasteiger partial charge is 0.356 e. The van der Waals surface area contributed by atoms with Crippen molar-refractivity contribution in [2.24, 2.45) is 18.0 Å². The highest BCUT2D eigenvalue weighted by Gasteiger charge is 2.01. The number of aliphatic imine (C=N–C) groups is 1. The van der Waals surface area contributed by atoms with E-state index >= 15 is 0 Å². The van der Waals surface area contributed by atoms with E-state index < -0.39 is 0 Å². The van der Waals surface area contributed by atoms with E-state index in [1.807, 2.05) is 17.8 Å². The number of aromatic nitrogens is 2. The van der Waals surface area contributed by atoms with Crippen molar-refractivity contribution in [2.75, 3.05) is 13.6 Å². The monoisotopic (exact) mass is 265 g/mol. The molecule has 1 heterocycles. The maximum atomic E-state index is 4.21. The Morgan fingerprint density at radius 3 is 2.74 bits per heavy atom. The maximum Gasteiger partial charge on any atom is 0.191 e. The average Bonchev–Trinajstić information content (AvgIpc) is 2.78. The van der Waals surface area contributed by atoms with Gasteiger partial charge >= 0.3 is 0 Å². The van der Waals surface area contributed by atoms with Crippen LogP contribution in [0.15, 0.2) is 17.3 Å². The summed E-state index contributed by atoms with van der Waals surface area (Å²) in [6.07, 6.45) is 5.55. The third-order valence-corrected chi connectivity index (χ3v) is 3.08. The molecule has 0 unspecified atom stereocenters. The van der Waals surface area contributed by atoms with Crippen LogP contribution >= 0.6 is 0 Å². The van der Waals surface area contributed by atoms with Gasteiger partial charge in [0.25, 0.3) is 0 Å². The third kappa shape index (κ3) is 6.27. The minimum atomic E-state index is 0.738. The lowest BCUT2D eigenvalue weighted by atomic mass is 10.1. The summed E-state index contributed by atoms with van der Waals surface area (Å²) in [5.41, 5.74) is 1.14. The van der Waals surface area contributed by atoms with Crippen molar-refractivity contribution in [3.63, 3.8) is 0 Å². The van der Waals surface area contributed by atoms with E-state index in [1.54, 1.807) is 13.2 Å². The number of hydrogen-bond acceptors (Lipinski definition) is 2. The van der Waals surface area contributed by atoms with Crippen LogP contribution in [0.4, 0.5) is 0 Å². The first-order chi connectivity index (χ1) is 9.13. The molecule has 0 bridgehead atoms. The number of nitrogens with one attached hydrogen (secondary N) is 2. The van der Waals surface area contributed by atoms with Crippen molar-refractivity contribution < 1.29 is 0 Å². The molecule has 2 N–H and O–H groups in total. The van der Waals surface area contributed by atoms with Crippen LogP contribution in [-0.4, -0.2) is 29.3 Å². The Kier molecular flexibility index (Phi) is 7.00. The molecule has 19 heavy (non-hydrogen) atoms. The first-order valence-electron chi connectivity index (χ1n) is 7.05. The van der Waals surface area contributed by atoms with Crippen LogP contribution in [0.1, 0.15) is 38.8 Å². The van der Waals surface area contributed by atoms with Crippen molar-refractivity contribution >= 4 is 5.96 Å². The fourth-order valence-corrected chi connectivity index (χ4v) is 1.85. The lowest BCUT2D eigenvalue weighted by Crippen LogP contribution is -2.37. The normalized spacial score (nSPS) is 11.9. The quantitative estimate of drug-likeness (QED) is 0.450. The molecule has 0 aromatic carbocycles. The van der Waals surface area contributed by atoms with Crippen LogP contribution in [0.25, 0.3) is 0 Å². The first kappa shape index (κ1) is 15.5. The minimum Gasteiger partial charge on any atom is -0.356 e. The third-order valence-electron chi connectivity index (χ3n) is 3.08. The Balaban J connectivity index is 2.18. The fraction of sp³-hybridized carbons (Fsp3) is 0.714. The molecule has 0 aliphatic carbocycles. The van der Waals surface area contributed by atoms with Crippen molar-refractivity contribution in [1.29, 1.82) is 0 Å². The summed E-state index contributed by atoms with van der Waals surface area (Å²) in [7, 11) is 3.74. The Hall–Kier alpha value is -1.52. The van der Waals surface area contributed by atoms with Gasteiger partial charge in [-0.3, -0.25) is 9.67 Å². The molecule has 0 saturated heterocycles. The SMILES string of the molecule is CN=C(NCCCCC(C)C)NCc1ccnn1C. The van der Waals surface area contributed by atoms with E-state index in [4.69, 9.17) is 0 Å². The van der Waals surface area contributed by atoms with Gasteiger partial charge < -0.3 is 10.6 Å². The lowest BCUT2D eigenvalue weighted by molar-refractivity contribution is 0.534. The number of aryl methyl sites for hydroxylation is 1. The van der Waals surface area contributed by atoms with Crippen LogP contribution in [0.3, 0.4) is 0 Å². The summed E-state index contributed by atoms with van der Waals surface area (Å²) in [5, 5.41) is 10.8. The molecule has 5 heteroatoms. The Morgan fingerprint density at radius 1 is 1.37 bits per heavy atom. The van der Waals surface area contributed by atoms with Crippen LogP contribution in [0.2, 0.25) is 0 Å². The second-order valence-corrected chi connectivity index (χ2v) is 5.19. The molecule has 5 nitrogen and oxygen atoms in total. The Morgan fingerprint density at radius 2 is 2.16 bits per heavy atom. The van der Waals surface area contributed by atoms with E-state index in [-0.39, 0.29) is 0 Å². The van der Waals surface area contributed by atoms with Crippen LogP contribution in [0, 0.1) is 5.92 Å². The summed E-state index contributed by atoms with van der Waals surface area (Å²) in [6, 6.07) is 2.00. The number of hydrogen-bond donors (Lipinski definition) is 2. The van der Waals surface area contributed by atoms with Gasteiger partial charge in [0.1, 0.15) is 0 Å². The van der Waals surface area contributed by atoms with Crippen molar-refractivity contribution in [2.45, 2.75) is 39.7 Å². The summed E-state index contributed by atoms with van der Waals surface area (Å²) >= 11 is 0. The Labute approximate surface area is 116 Å². The summed E-state index contributed by atoms with van der Waals surface area (Å²) in [6.45, 7) is 6.24. The summed E-state index contributed by atoms with van der Waals surface area (Å²) < 4.78 is 1.86. The first-order valence-corrected chi connectivity index (χ1v) is 7.05. The zero-order chi connectivity index (χ0) is 14.1. The molecule has 0 atom stereocenters. The molecular weight excluding hydrogens is 238 g/mol. The molecule has 0 aliphatic heterocycles. The number of nitrogens with zero attached hydrogens (tertiary/aromatic N) is 3. The van der Waals surface area contributed by atoms with Gasteiger partial charge in [0.2, 0.25) is 0 Å². The van der Waals surface area contributed by atoms with E-state index in [0.29, 0.717) is 0 Å². The molecule has 108 valence electrons. The number of rotatable bonds is 7. The van der Waals surface area contributed by atoms with Gasteiger partial charge in [-0.05, 0) is 18.4 Å². The van der Waals surface area contributed by atoms with Crippen molar-refractivity contribution in [1.82, 2.24) is 20.4 Å². The lowest BCUT2D eigenvalue weighted by Gasteiger charge is -2.12. The predicted octanol–water partition coefficient (Wildman–Crippen LogP) is 1.91. The second kappa shape index (κ2) is 8.56. The number of unbranched alkanes of at least 4 members (excludes halogenated alkanes) is 1. The smallest absolute Gasteiger partial charge is 0.191 e. The predicted molar refractivity (Wildman–Crippen MR) is 80.1 cm³/mol. The fourth-order valence-electron chi connectivity index (χ4n) is 1.85. The highest BCUT2D eigenvalue weighted by Crippen LogP contribution is 2.04. The van der Waals surface area contributed by atoms with Gasteiger partial charge in [0, 0.05) is 26.8 Å². The molecule has 0 amide bonds. The maximum absolute atomic E-state index is 4.21. The van der Waals surface area contributed by atoms with E-state index in [1.165, 1.54) is 19.3 Å². The Bertz CT molecular complexity index is 381. The molecule has 0 fully saturated rings. The highest BCUT2D eigenvalue weighted by atomic mass is 15.3. The van der Waals surface area contributed by atoms with Gasteiger partial charge in [-0.1, -0.05) is 26.7 Å². The van der Waals surface area contributed by atoms with Gasteiger partial charge in [-0.15, -0.1) is 0 Å². The van der Waals surface area contributed by atoms with Crippen molar-refractivity contribution in [3.8, 4) is 0 Å². The standard InChI is InChI=1S/C14H27N5/c1-12(2)7-5-6-9-16-14(15-3)17-11-13-8-10-18-19(13)4/h8,10,12H,5-7,9,11H2,1-4H3,(H2,15,16,17). The van der Waals surface area contributed by atoms with E-state index in [0.717, 1.165) is 30.7 Å². The van der Waals surface area contributed by atoms with Crippen LogP contribution < -0.4 is 10.6 Å². The van der Waals surface area contributed by atoms with Gasteiger partial charge in [-0.2, -0.15) is 5.10 Å². The zero-order valence-corrected chi connectivity index (χ0v) is 12.6. The highest BCUT2D eigenvalue weighted by molar-refractivity contribution is 5.79. The van der Waals surface area contributed by atoms with Crippen molar-refractivity contribution in [3.05, 3.63) is 18.0 Å². The van der Waals surface area contributed by atoms with Gasteiger partial charge in [0.15, 0.2) is 5.96 Å². The molecule has 1 aromatic rings. The molecule has 0 aliphatic rings. The molecule has 1 rings (SSSR count). The molecule has 0 saturated carbocycles. The summed E-state index contributed by atoms with van der Waals surface area (Å²) in [5.74, 6) is 1.65. The zero-order valence-electron chi connectivity index (χ0n) is 12.6. The minimum absolute atomic E-state index is 0.738. The molecule has 0 spiro atoms. The van der Waals surface area contributed by atoms with Gasteiger partial charge in [0.05, 0.1) is 12.2 Å². The summed E-state index contributed by atoms with van der Waals surface area (Å²) in [4.78, 5) is 4.21. The second-order valence-electron chi connectivity index (χ2n) is 5.19. The van der Waals surface area contributed by atoms with E-state index in [9.17, 15) is 0 Å². The average molecular weight is 265 g/mol. The molecule has 1 aromatic heterocycles. The molecule has 0 radical (unpaired) electrons. The van der Waals surface area contributed by atoms with E-state index in [2.05, 4.69) is 34.6 Å².